The number of hydrogen-bond acceptors (Lipinski definition) is 2. The van der Waals surface area contributed by atoms with Gasteiger partial charge < -0.3 is 10.4 Å². The molecule has 0 fully saturated rings. The van der Waals surface area contributed by atoms with Crippen molar-refractivity contribution < 1.29 is 9.90 Å². The van der Waals surface area contributed by atoms with Crippen LogP contribution < -0.4 is 5.32 Å². The van der Waals surface area contributed by atoms with Gasteiger partial charge in [-0.25, -0.2) is 4.79 Å². The summed E-state index contributed by atoms with van der Waals surface area (Å²) in [7, 11) is 0. The molecule has 0 aliphatic heterocycles. The van der Waals surface area contributed by atoms with Crippen LogP contribution in [-0.2, 0) is 11.2 Å². The van der Waals surface area contributed by atoms with Crippen LogP contribution in [0, 0.1) is 0 Å². The summed E-state index contributed by atoms with van der Waals surface area (Å²) in [6, 6.07) is 5.87. The molecule has 1 aromatic carbocycles. The molecule has 0 bridgehead atoms. The fourth-order valence-electron chi connectivity index (χ4n) is 1.52. The Hall–Kier alpha value is -2.03. The summed E-state index contributed by atoms with van der Waals surface area (Å²) < 4.78 is 0. The zero-order valence-electron chi connectivity index (χ0n) is 9.94. The van der Waals surface area contributed by atoms with E-state index >= 15 is 0 Å². The Morgan fingerprint density at radius 3 is 2.88 bits per heavy atom. The third-order valence-electron chi connectivity index (χ3n) is 2.37. The number of anilines is 1. The Balaban J connectivity index is 2.95. The van der Waals surface area contributed by atoms with Crippen LogP contribution in [0.2, 0.25) is 0 Å². The van der Waals surface area contributed by atoms with E-state index in [0.29, 0.717) is 6.54 Å². The molecule has 0 spiro atoms. The molecule has 0 aliphatic carbocycles. The lowest BCUT2D eigenvalue weighted by Crippen LogP contribution is -2.01. The summed E-state index contributed by atoms with van der Waals surface area (Å²) in [6.07, 6.45) is 5.45. The molecule has 0 aliphatic rings. The van der Waals surface area contributed by atoms with Crippen molar-refractivity contribution in [3.05, 3.63) is 48.1 Å². The van der Waals surface area contributed by atoms with Crippen molar-refractivity contribution in [1.82, 2.24) is 0 Å². The monoisotopic (exact) mass is 231 g/mol. The van der Waals surface area contributed by atoms with E-state index in [-0.39, 0.29) is 0 Å². The van der Waals surface area contributed by atoms with Gasteiger partial charge in [-0.1, -0.05) is 25.1 Å². The molecular weight excluding hydrogens is 214 g/mol. The Kier molecular flexibility index (Phi) is 5.01. The SMILES string of the molecule is C=CCNc1cc(C=CC(=O)O)ccc1CC. The van der Waals surface area contributed by atoms with Crippen LogP contribution in [0.4, 0.5) is 5.69 Å². The van der Waals surface area contributed by atoms with Gasteiger partial charge in [-0.05, 0) is 29.7 Å². The minimum Gasteiger partial charge on any atom is -0.478 e. The first kappa shape index (κ1) is 13.0. The van der Waals surface area contributed by atoms with E-state index in [0.717, 1.165) is 23.7 Å². The van der Waals surface area contributed by atoms with E-state index in [9.17, 15) is 4.79 Å². The second-order valence-electron chi connectivity index (χ2n) is 3.61. The van der Waals surface area contributed by atoms with Gasteiger partial charge in [0.05, 0.1) is 0 Å². The van der Waals surface area contributed by atoms with Gasteiger partial charge in [0.1, 0.15) is 0 Å². The highest BCUT2D eigenvalue weighted by Crippen LogP contribution is 2.19. The van der Waals surface area contributed by atoms with Crippen molar-refractivity contribution in [2.24, 2.45) is 0 Å². The normalized spacial score (nSPS) is 10.4. The molecule has 3 heteroatoms. The molecule has 0 saturated heterocycles. The minimum atomic E-state index is -0.940. The van der Waals surface area contributed by atoms with Crippen LogP contribution in [0.25, 0.3) is 6.08 Å². The number of aryl methyl sites for hydroxylation is 1. The van der Waals surface area contributed by atoms with Crippen LogP contribution >= 0.6 is 0 Å². The molecule has 0 heterocycles. The maximum atomic E-state index is 10.4. The first-order valence-corrected chi connectivity index (χ1v) is 5.56. The average Bonchev–Trinajstić information content (AvgIpc) is 2.33. The lowest BCUT2D eigenvalue weighted by atomic mass is 10.1. The van der Waals surface area contributed by atoms with Crippen molar-refractivity contribution in [2.75, 3.05) is 11.9 Å². The maximum Gasteiger partial charge on any atom is 0.328 e. The van der Waals surface area contributed by atoms with Gasteiger partial charge in [0.2, 0.25) is 0 Å². The van der Waals surface area contributed by atoms with E-state index in [4.69, 9.17) is 5.11 Å². The summed E-state index contributed by atoms with van der Waals surface area (Å²) in [5.41, 5.74) is 3.11. The van der Waals surface area contributed by atoms with Gasteiger partial charge in [0.25, 0.3) is 0 Å². The molecule has 1 aromatic rings. The predicted octanol–water partition coefficient (Wildman–Crippen LogP) is 2.94. The van der Waals surface area contributed by atoms with Crippen molar-refractivity contribution >= 4 is 17.7 Å². The molecule has 0 aromatic heterocycles. The first-order chi connectivity index (χ1) is 8.17. The van der Waals surface area contributed by atoms with Gasteiger partial charge in [-0.2, -0.15) is 0 Å². The number of carboxylic acid groups (broad SMARTS) is 1. The molecule has 17 heavy (non-hydrogen) atoms. The van der Waals surface area contributed by atoms with Gasteiger partial charge in [0, 0.05) is 18.3 Å². The molecule has 3 nitrogen and oxygen atoms in total. The van der Waals surface area contributed by atoms with E-state index in [1.54, 1.807) is 12.2 Å². The van der Waals surface area contributed by atoms with Gasteiger partial charge >= 0.3 is 5.97 Å². The molecule has 2 N–H and O–H groups in total. The molecule has 0 saturated carbocycles. The van der Waals surface area contributed by atoms with Crippen molar-refractivity contribution in [1.29, 1.82) is 0 Å². The quantitative estimate of drug-likeness (QED) is 0.584. The van der Waals surface area contributed by atoms with Crippen molar-refractivity contribution in [3.8, 4) is 0 Å². The number of benzene rings is 1. The average molecular weight is 231 g/mol. The first-order valence-electron chi connectivity index (χ1n) is 5.56. The minimum absolute atomic E-state index is 0.694. The van der Waals surface area contributed by atoms with E-state index in [1.807, 2.05) is 18.2 Å². The highest BCUT2D eigenvalue weighted by Gasteiger charge is 2.00. The summed E-state index contributed by atoms with van der Waals surface area (Å²) >= 11 is 0. The third-order valence-corrected chi connectivity index (χ3v) is 2.37. The molecule has 0 radical (unpaired) electrons. The fourth-order valence-corrected chi connectivity index (χ4v) is 1.52. The molecule has 0 unspecified atom stereocenters. The Morgan fingerprint density at radius 1 is 1.53 bits per heavy atom. The molecule has 0 amide bonds. The van der Waals surface area contributed by atoms with Crippen LogP contribution in [0.1, 0.15) is 18.1 Å². The summed E-state index contributed by atoms with van der Waals surface area (Å²) in [6.45, 7) is 6.44. The summed E-state index contributed by atoms with van der Waals surface area (Å²) in [5.74, 6) is -0.940. The highest BCUT2D eigenvalue weighted by molar-refractivity contribution is 5.85. The zero-order chi connectivity index (χ0) is 12.7. The van der Waals surface area contributed by atoms with Gasteiger partial charge in [0.15, 0.2) is 0 Å². The summed E-state index contributed by atoms with van der Waals surface area (Å²) in [5, 5.41) is 11.8. The largest absolute Gasteiger partial charge is 0.478 e. The third kappa shape index (κ3) is 4.15. The van der Waals surface area contributed by atoms with Crippen LogP contribution in [-0.4, -0.2) is 17.6 Å². The lowest BCUT2D eigenvalue weighted by Gasteiger charge is -2.10. The zero-order valence-corrected chi connectivity index (χ0v) is 9.94. The smallest absolute Gasteiger partial charge is 0.328 e. The Morgan fingerprint density at radius 2 is 2.29 bits per heavy atom. The van der Waals surface area contributed by atoms with Gasteiger partial charge in [-0.15, -0.1) is 6.58 Å². The van der Waals surface area contributed by atoms with E-state index in [1.165, 1.54) is 5.56 Å². The van der Waals surface area contributed by atoms with Crippen molar-refractivity contribution in [2.45, 2.75) is 13.3 Å². The highest BCUT2D eigenvalue weighted by atomic mass is 16.4. The number of rotatable bonds is 6. The Labute approximate surface area is 101 Å². The number of hydrogen-bond donors (Lipinski definition) is 2. The standard InChI is InChI=1S/C14H17NO2/c1-3-9-15-13-10-11(6-8-14(16)17)5-7-12(13)4-2/h3,5-8,10,15H,1,4,9H2,2H3,(H,16,17). The summed E-state index contributed by atoms with van der Waals surface area (Å²) in [4.78, 5) is 10.4. The van der Waals surface area contributed by atoms with E-state index in [2.05, 4.69) is 18.8 Å². The maximum absolute atomic E-state index is 10.4. The van der Waals surface area contributed by atoms with Gasteiger partial charge in [-0.3, -0.25) is 0 Å². The predicted molar refractivity (Wildman–Crippen MR) is 71.2 cm³/mol. The van der Waals surface area contributed by atoms with Crippen LogP contribution in [0.5, 0.6) is 0 Å². The van der Waals surface area contributed by atoms with E-state index < -0.39 is 5.97 Å². The Bertz CT molecular complexity index is 436. The van der Waals surface area contributed by atoms with Crippen LogP contribution in [0.15, 0.2) is 36.9 Å². The number of carbonyl (C=O) groups is 1. The molecule has 90 valence electrons. The second-order valence-corrected chi connectivity index (χ2v) is 3.61. The molecule has 1 rings (SSSR count). The second kappa shape index (κ2) is 6.53. The number of carboxylic acids is 1. The number of aliphatic carboxylic acids is 1. The molecule has 0 atom stereocenters. The lowest BCUT2D eigenvalue weighted by molar-refractivity contribution is -0.131. The number of nitrogens with one attached hydrogen (secondary N) is 1. The fraction of sp³-hybridized carbons (Fsp3) is 0.214. The molecular formula is C14H17NO2. The van der Waals surface area contributed by atoms with Crippen molar-refractivity contribution in [3.63, 3.8) is 0 Å². The van der Waals surface area contributed by atoms with Crippen LogP contribution in [0.3, 0.4) is 0 Å². The topological polar surface area (TPSA) is 49.3 Å².